The van der Waals surface area contributed by atoms with E-state index < -0.39 is 0 Å². The van der Waals surface area contributed by atoms with E-state index in [1.165, 1.54) is 0 Å². The summed E-state index contributed by atoms with van der Waals surface area (Å²) in [6.45, 7) is 0.685. The predicted octanol–water partition coefficient (Wildman–Crippen LogP) is 1.25. The Hall–Kier alpha value is -2.93. The number of benzene rings is 1. The van der Waals surface area contributed by atoms with Gasteiger partial charge >= 0.3 is 0 Å². The van der Waals surface area contributed by atoms with E-state index in [2.05, 4.69) is 10.3 Å². The second-order valence-corrected chi connectivity index (χ2v) is 5.58. The third-order valence-corrected chi connectivity index (χ3v) is 3.95. The lowest BCUT2D eigenvalue weighted by Gasteiger charge is -2.33. The highest BCUT2D eigenvalue weighted by Gasteiger charge is 2.27. The maximum atomic E-state index is 12.1. The molecule has 1 atom stereocenters. The summed E-state index contributed by atoms with van der Waals surface area (Å²) in [6, 6.07) is 10.6. The third kappa shape index (κ3) is 4.13. The molecule has 0 bridgehead atoms. The first-order valence-corrected chi connectivity index (χ1v) is 7.91. The molecule has 1 N–H and O–H groups in total. The van der Waals surface area contributed by atoms with Crippen LogP contribution in [-0.4, -0.2) is 49.7 Å². The molecule has 0 aliphatic carbocycles. The number of hydrogen-bond acceptors (Lipinski definition) is 5. The van der Waals surface area contributed by atoms with E-state index in [1.54, 1.807) is 48.7 Å². The van der Waals surface area contributed by atoms with Crippen molar-refractivity contribution in [2.45, 2.75) is 6.10 Å². The number of hydrogen-bond donors (Lipinski definition) is 1. The van der Waals surface area contributed by atoms with Crippen LogP contribution in [0.1, 0.15) is 10.4 Å². The molecule has 1 aromatic heterocycles. The molecule has 0 spiro atoms. The lowest BCUT2D eigenvalue weighted by molar-refractivity contribution is -0.129. The summed E-state index contributed by atoms with van der Waals surface area (Å²) in [5.41, 5.74) is 1.31. The van der Waals surface area contributed by atoms with Gasteiger partial charge in [-0.3, -0.25) is 14.6 Å². The van der Waals surface area contributed by atoms with E-state index in [-0.39, 0.29) is 24.5 Å². The highest BCUT2D eigenvalue weighted by atomic mass is 16.5. The van der Waals surface area contributed by atoms with Gasteiger partial charge in [0.15, 0.2) is 0 Å². The monoisotopic (exact) mass is 341 g/mol. The Balaban J connectivity index is 1.60. The van der Waals surface area contributed by atoms with E-state index in [0.29, 0.717) is 18.7 Å². The van der Waals surface area contributed by atoms with E-state index in [4.69, 9.17) is 9.47 Å². The molecule has 7 heteroatoms. The molecule has 0 radical (unpaired) electrons. The SMILES string of the molecule is COc1ccc(N2CC(CNC(=O)c3ccncc3)OCC2=O)cc1. The Kier molecular flexibility index (Phi) is 5.25. The first-order valence-electron chi connectivity index (χ1n) is 7.91. The molecule has 2 heterocycles. The van der Waals surface area contributed by atoms with Crippen molar-refractivity contribution in [2.75, 3.05) is 31.7 Å². The summed E-state index contributed by atoms with van der Waals surface area (Å²) in [4.78, 5) is 29.8. The number of rotatable bonds is 5. The zero-order valence-corrected chi connectivity index (χ0v) is 13.8. The summed E-state index contributed by atoms with van der Waals surface area (Å²) in [7, 11) is 1.59. The number of anilines is 1. The normalized spacial score (nSPS) is 17.2. The van der Waals surface area contributed by atoms with Crippen LogP contribution in [0, 0.1) is 0 Å². The quantitative estimate of drug-likeness (QED) is 0.885. The minimum absolute atomic E-state index is 0.0121. The van der Waals surface area contributed by atoms with Gasteiger partial charge in [0.05, 0.1) is 19.8 Å². The average Bonchev–Trinajstić information content (AvgIpc) is 2.68. The van der Waals surface area contributed by atoms with Crippen LogP contribution in [0.2, 0.25) is 0 Å². The van der Waals surface area contributed by atoms with Crippen molar-refractivity contribution in [1.82, 2.24) is 10.3 Å². The molecule has 1 aromatic carbocycles. The standard InChI is InChI=1S/C18H19N3O4/c1-24-15-4-2-14(3-5-15)21-11-16(25-12-17(21)22)10-20-18(23)13-6-8-19-9-7-13/h2-9,16H,10-12H2,1H3,(H,20,23). The number of morpholine rings is 1. The zero-order valence-electron chi connectivity index (χ0n) is 13.8. The number of methoxy groups -OCH3 is 1. The minimum Gasteiger partial charge on any atom is -0.497 e. The van der Waals surface area contributed by atoms with Crippen molar-refractivity contribution in [2.24, 2.45) is 0 Å². The van der Waals surface area contributed by atoms with Gasteiger partial charge in [-0.15, -0.1) is 0 Å². The van der Waals surface area contributed by atoms with Gasteiger partial charge in [0.1, 0.15) is 12.4 Å². The molecule has 1 unspecified atom stereocenters. The summed E-state index contributed by atoms with van der Waals surface area (Å²) in [6.07, 6.45) is 2.86. The van der Waals surface area contributed by atoms with Crippen molar-refractivity contribution in [1.29, 1.82) is 0 Å². The zero-order chi connectivity index (χ0) is 17.6. The lowest BCUT2D eigenvalue weighted by Crippen LogP contribution is -2.50. The van der Waals surface area contributed by atoms with Crippen molar-refractivity contribution >= 4 is 17.5 Å². The maximum Gasteiger partial charge on any atom is 0.253 e. The van der Waals surface area contributed by atoms with E-state index in [9.17, 15) is 9.59 Å². The van der Waals surface area contributed by atoms with Crippen LogP contribution < -0.4 is 15.0 Å². The van der Waals surface area contributed by atoms with Gasteiger partial charge in [0.25, 0.3) is 11.8 Å². The second kappa shape index (κ2) is 7.76. The highest BCUT2D eigenvalue weighted by molar-refractivity contribution is 5.95. The molecule has 3 rings (SSSR count). The Morgan fingerprint density at radius 1 is 1.28 bits per heavy atom. The fourth-order valence-corrected chi connectivity index (χ4v) is 2.57. The number of nitrogens with one attached hydrogen (secondary N) is 1. The summed E-state index contributed by atoms with van der Waals surface area (Å²) in [5.74, 6) is 0.423. The summed E-state index contributed by atoms with van der Waals surface area (Å²) >= 11 is 0. The molecule has 25 heavy (non-hydrogen) atoms. The van der Waals surface area contributed by atoms with Crippen molar-refractivity contribution in [3.05, 3.63) is 54.4 Å². The molecule has 0 saturated carbocycles. The largest absolute Gasteiger partial charge is 0.497 e. The van der Waals surface area contributed by atoms with Crippen LogP contribution in [0.4, 0.5) is 5.69 Å². The molecular weight excluding hydrogens is 322 g/mol. The molecule has 2 amide bonds. The number of aromatic nitrogens is 1. The number of carbonyl (C=O) groups is 2. The first-order chi connectivity index (χ1) is 12.2. The third-order valence-electron chi connectivity index (χ3n) is 3.95. The minimum atomic E-state index is -0.273. The molecule has 1 saturated heterocycles. The van der Waals surface area contributed by atoms with Crippen LogP contribution in [0.5, 0.6) is 5.75 Å². The highest BCUT2D eigenvalue weighted by Crippen LogP contribution is 2.21. The molecule has 1 aliphatic heterocycles. The molecule has 2 aromatic rings. The molecule has 1 aliphatic rings. The van der Waals surface area contributed by atoms with Crippen LogP contribution in [-0.2, 0) is 9.53 Å². The average molecular weight is 341 g/mol. The second-order valence-electron chi connectivity index (χ2n) is 5.58. The first kappa shape index (κ1) is 16.9. The molecule has 1 fully saturated rings. The molecule has 7 nitrogen and oxygen atoms in total. The van der Waals surface area contributed by atoms with E-state index >= 15 is 0 Å². The van der Waals surface area contributed by atoms with Crippen LogP contribution in [0.3, 0.4) is 0 Å². The number of nitrogens with zero attached hydrogens (tertiary/aromatic N) is 2. The van der Waals surface area contributed by atoms with Gasteiger partial charge in [0, 0.05) is 30.2 Å². The molecule has 130 valence electrons. The van der Waals surface area contributed by atoms with Gasteiger partial charge in [0.2, 0.25) is 0 Å². The van der Waals surface area contributed by atoms with Crippen LogP contribution >= 0.6 is 0 Å². The smallest absolute Gasteiger partial charge is 0.253 e. The fourth-order valence-electron chi connectivity index (χ4n) is 2.57. The van der Waals surface area contributed by atoms with Crippen molar-refractivity contribution in [3.8, 4) is 5.75 Å². The lowest BCUT2D eigenvalue weighted by atomic mass is 10.2. The van der Waals surface area contributed by atoms with Gasteiger partial charge < -0.3 is 19.7 Å². The Morgan fingerprint density at radius 2 is 2.00 bits per heavy atom. The number of pyridine rings is 1. The van der Waals surface area contributed by atoms with Crippen molar-refractivity contribution in [3.63, 3.8) is 0 Å². The number of carbonyl (C=O) groups excluding carboxylic acids is 2. The van der Waals surface area contributed by atoms with Gasteiger partial charge in [-0.05, 0) is 36.4 Å². The Bertz CT molecular complexity index is 734. The van der Waals surface area contributed by atoms with Crippen molar-refractivity contribution < 1.29 is 19.1 Å². The maximum absolute atomic E-state index is 12.1. The number of amides is 2. The Morgan fingerprint density at radius 3 is 2.68 bits per heavy atom. The number of ether oxygens (including phenoxy) is 2. The Labute approximate surface area is 145 Å². The fraction of sp³-hybridized carbons (Fsp3) is 0.278. The summed E-state index contributed by atoms with van der Waals surface area (Å²) in [5, 5.41) is 2.82. The van der Waals surface area contributed by atoms with E-state index in [0.717, 1.165) is 11.4 Å². The van der Waals surface area contributed by atoms with Gasteiger partial charge in [-0.1, -0.05) is 0 Å². The van der Waals surface area contributed by atoms with Crippen LogP contribution in [0.15, 0.2) is 48.8 Å². The van der Waals surface area contributed by atoms with Gasteiger partial charge in [-0.2, -0.15) is 0 Å². The topological polar surface area (TPSA) is 80.8 Å². The van der Waals surface area contributed by atoms with Gasteiger partial charge in [-0.25, -0.2) is 0 Å². The summed E-state index contributed by atoms with van der Waals surface area (Å²) < 4.78 is 10.7. The van der Waals surface area contributed by atoms with E-state index in [1.807, 2.05) is 12.1 Å². The predicted molar refractivity (Wildman–Crippen MR) is 91.7 cm³/mol. The molecular formula is C18H19N3O4. The van der Waals surface area contributed by atoms with Crippen LogP contribution in [0.25, 0.3) is 0 Å².